The molecule has 3 rings (SSSR count). The molecule has 3 aromatic rings. The number of carbonyl (C=O) groups is 2. The zero-order valence-electron chi connectivity index (χ0n) is 15.0. The molecule has 8 heteroatoms. The average molecular weight is 384 g/mol. The largest absolute Gasteiger partial charge is 0.383 e. The maximum Gasteiger partial charge on any atom is 0.319 e. The molecule has 7 nitrogen and oxygen atoms in total. The highest BCUT2D eigenvalue weighted by Gasteiger charge is 2.12. The molecule has 1 heterocycles. The van der Waals surface area contributed by atoms with Gasteiger partial charge in [0.05, 0.1) is 16.8 Å². The van der Waals surface area contributed by atoms with Crippen molar-refractivity contribution in [3.63, 3.8) is 0 Å². The number of nitrogens with one attached hydrogen (secondary N) is 3. The van der Waals surface area contributed by atoms with Crippen LogP contribution in [0.3, 0.4) is 0 Å². The summed E-state index contributed by atoms with van der Waals surface area (Å²) in [7, 11) is 1.58. The van der Waals surface area contributed by atoms with Crippen molar-refractivity contribution in [2.45, 2.75) is 6.92 Å². The SMILES string of the molecule is COCCNC(=O)Nc1cc(C)c2nc(NC(=O)c3ccccc3)sc2c1. The van der Waals surface area contributed by atoms with Gasteiger partial charge >= 0.3 is 6.03 Å². The Bertz CT molecular complexity index is 956. The lowest BCUT2D eigenvalue weighted by Crippen LogP contribution is -2.31. The highest BCUT2D eigenvalue weighted by molar-refractivity contribution is 7.22. The predicted molar refractivity (Wildman–Crippen MR) is 108 cm³/mol. The molecule has 0 fully saturated rings. The lowest BCUT2D eigenvalue weighted by atomic mass is 10.2. The molecule has 0 saturated heterocycles. The van der Waals surface area contributed by atoms with Crippen LogP contribution in [0.25, 0.3) is 10.2 Å². The molecule has 0 bridgehead atoms. The van der Waals surface area contributed by atoms with E-state index in [2.05, 4.69) is 20.9 Å². The summed E-state index contributed by atoms with van der Waals surface area (Å²) in [6.45, 7) is 2.80. The standard InChI is InChI=1S/C19H20N4O3S/c1-12-10-14(21-18(25)20-8-9-26-2)11-15-16(12)22-19(27-15)23-17(24)13-6-4-3-5-7-13/h3-7,10-11H,8-9H2,1-2H3,(H2,20,21,25)(H,22,23,24). The van der Waals surface area contributed by atoms with E-state index in [1.165, 1.54) is 11.3 Å². The number of methoxy groups -OCH3 is 1. The molecule has 0 saturated carbocycles. The quantitative estimate of drug-likeness (QED) is 0.566. The van der Waals surface area contributed by atoms with Crippen molar-refractivity contribution in [3.05, 3.63) is 53.6 Å². The molecule has 27 heavy (non-hydrogen) atoms. The summed E-state index contributed by atoms with van der Waals surface area (Å²) in [5.41, 5.74) is 2.95. The van der Waals surface area contributed by atoms with Crippen molar-refractivity contribution in [1.82, 2.24) is 10.3 Å². The number of carbonyl (C=O) groups excluding carboxylic acids is 2. The van der Waals surface area contributed by atoms with E-state index in [0.717, 1.165) is 15.8 Å². The Kier molecular flexibility index (Phi) is 6.00. The highest BCUT2D eigenvalue weighted by Crippen LogP contribution is 2.31. The number of anilines is 2. The Labute approximate surface area is 160 Å². The van der Waals surface area contributed by atoms with Gasteiger partial charge in [0.25, 0.3) is 5.91 Å². The molecule has 0 aliphatic rings. The van der Waals surface area contributed by atoms with Gasteiger partial charge < -0.3 is 15.4 Å². The predicted octanol–water partition coefficient (Wildman–Crippen LogP) is 3.62. The zero-order valence-corrected chi connectivity index (χ0v) is 15.9. The van der Waals surface area contributed by atoms with Gasteiger partial charge in [0.15, 0.2) is 5.13 Å². The van der Waals surface area contributed by atoms with E-state index in [9.17, 15) is 9.59 Å². The van der Waals surface area contributed by atoms with Gasteiger partial charge in [-0.25, -0.2) is 9.78 Å². The maximum atomic E-state index is 12.3. The first-order valence-corrected chi connectivity index (χ1v) is 9.20. The van der Waals surface area contributed by atoms with E-state index in [-0.39, 0.29) is 11.9 Å². The fourth-order valence-electron chi connectivity index (χ4n) is 2.52. The van der Waals surface area contributed by atoms with Crippen molar-refractivity contribution < 1.29 is 14.3 Å². The number of urea groups is 1. The molecule has 2 aromatic carbocycles. The minimum absolute atomic E-state index is 0.205. The molecule has 0 aliphatic heterocycles. The van der Waals surface area contributed by atoms with Crippen molar-refractivity contribution in [2.24, 2.45) is 0 Å². The summed E-state index contributed by atoms with van der Waals surface area (Å²) < 4.78 is 5.78. The number of hydrogen-bond acceptors (Lipinski definition) is 5. The summed E-state index contributed by atoms with van der Waals surface area (Å²) in [6, 6.07) is 12.4. The highest BCUT2D eigenvalue weighted by atomic mass is 32.1. The van der Waals surface area contributed by atoms with Crippen molar-refractivity contribution >= 4 is 44.3 Å². The first kappa shape index (κ1) is 18.8. The second-order valence-electron chi connectivity index (χ2n) is 5.85. The van der Waals surface area contributed by atoms with E-state index >= 15 is 0 Å². The number of amides is 3. The van der Waals surface area contributed by atoms with Crippen LogP contribution in [0.2, 0.25) is 0 Å². The number of aryl methyl sites for hydroxylation is 1. The molecular weight excluding hydrogens is 364 g/mol. The Hall–Kier alpha value is -2.97. The molecule has 0 unspecified atom stereocenters. The minimum Gasteiger partial charge on any atom is -0.383 e. The lowest BCUT2D eigenvalue weighted by molar-refractivity contribution is 0.102. The van der Waals surface area contributed by atoms with E-state index in [1.807, 2.05) is 37.3 Å². The first-order valence-electron chi connectivity index (χ1n) is 8.38. The van der Waals surface area contributed by atoms with Gasteiger partial charge in [0.1, 0.15) is 0 Å². The maximum absolute atomic E-state index is 12.3. The third-order valence-corrected chi connectivity index (χ3v) is 4.71. The van der Waals surface area contributed by atoms with Gasteiger partial charge in [-0.15, -0.1) is 0 Å². The molecular formula is C19H20N4O3S. The van der Waals surface area contributed by atoms with Crippen LogP contribution in [0.4, 0.5) is 15.6 Å². The summed E-state index contributed by atoms with van der Waals surface area (Å²) in [5.74, 6) is -0.205. The van der Waals surface area contributed by atoms with E-state index in [4.69, 9.17) is 4.74 Å². The average Bonchev–Trinajstić information content (AvgIpc) is 3.05. The van der Waals surface area contributed by atoms with Crippen molar-refractivity contribution in [3.8, 4) is 0 Å². The molecule has 3 amide bonds. The van der Waals surface area contributed by atoms with Crippen LogP contribution in [-0.2, 0) is 4.74 Å². The second kappa shape index (κ2) is 8.61. The second-order valence-corrected chi connectivity index (χ2v) is 6.88. The van der Waals surface area contributed by atoms with E-state index in [1.54, 1.807) is 19.2 Å². The molecule has 0 radical (unpaired) electrons. The van der Waals surface area contributed by atoms with Gasteiger partial charge in [-0.1, -0.05) is 29.5 Å². The molecule has 1 aromatic heterocycles. The number of ether oxygens (including phenoxy) is 1. The number of hydrogen-bond donors (Lipinski definition) is 3. The summed E-state index contributed by atoms with van der Waals surface area (Å²) >= 11 is 1.36. The summed E-state index contributed by atoms with van der Waals surface area (Å²) in [4.78, 5) is 28.7. The van der Waals surface area contributed by atoms with Crippen LogP contribution in [-0.4, -0.2) is 37.2 Å². The molecule has 3 N–H and O–H groups in total. The van der Waals surface area contributed by atoms with E-state index < -0.39 is 0 Å². The number of benzene rings is 2. The molecule has 0 aliphatic carbocycles. The fraction of sp³-hybridized carbons (Fsp3) is 0.211. The van der Waals surface area contributed by atoms with Crippen LogP contribution in [0.1, 0.15) is 15.9 Å². The van der Waals surface area contributed by atoms with Gasteiger partial charge in [0, 0.05) is 24.9 Å². The van der Waals surface area contributed by atoms with Gasteiger partial charge in [-0.05, 0) is 36.8 Å². The van der Waals surface area contributed by atoms with Crippen LogP contribution >= 0.6 is 11.3 Å². The minimum atomic E-state index is -0.298. The first-order chi connectivity index (χ1) is 13.1. The molecule has 0 atom stereocenters. The smallest absolute Gasteiger partial charge is 0.319 e. The number of thiazole rings is 1. The number of fused-ring (bicyclic) bond motifs is 1. The monoisotopic (exact) mass is 384 g/mol. The number of aromatic nitrogens is 1. The van der Waals surface area contributed by atoms with Crippen LogP contribution < -0.4 is 16.0 Å². The Morgan fingerprint density at radius 1 is 1.15 bits per heavy atom. The molecule has 140 valence electrons. The van der Waals surface area contributed by atoms with E-state index in [0.29, 0.717) is 29.5 Å². The number of rotatable bonds is 6. The Balaban J connectivity index is 1.74. The number of nitrogens with zero attached hydrogens (tertiary/aromatic N) is 1. The van der Waals surface area contributed by atoms with Crippen molar-refractivity contribution in [1.29, 1.82) is 0 Å². The summed E-state index contributed by atoms with van der Waals surface area (Å²) in [6.07, 6.45) is 0. The molecule has 0 spiro atoms. The lowest BCUT2D eigenvalue weighted by Gasteiger charge is -2.08. The fourth-order valence-corrected chi connectivity index (χ4v) is 3.50. The van der Waals surface area contributed by atoms with Gasteiger partial charge in [-0.2, -0.15) is 0 Å². The Morgan fingerprint density at radius 3 is 2.67 bits per heavy atom. The van der Waals surface area contributed by atoms with Crippen LogP contribution in [0.15, 0.2) is 42.5 Å². The Morgan fingerprint density at radius 2 is 1.93 bits per heavy atom. The van der Waals surface area contributed by atoms with Crippen LogP contribution in [0, 0.1) is 6.92 Å². The van der Waals surface area contributed by atoms with Crippen molar-refractivity contribution in [2.75, 3.05) is 30.9 Å². The third-order valence-electron chi connectivity index (χ3n) is 3.79. The zero-order chi connectivity index (χ0) is 19.2. The van der Waals surface area contributed by atoms with Gasteiger partial charge in [-0.3, -0.25) is 10.1 Å². The third kappa shape index (κ3) is 4.81. The summed E-state index contributed by atoms with van der Waals surface area (Å²) in [5, 5.41) is 8.84. The van der Waals surface area contributed by atoms with Crippen LogP contribution in [0.5, 0.6) is 0 Å². The normalized spacial score (nSPS) is 10.6. The van der Waals surface area contributed by atoms with Gasteiger partial charge in [0.2, 0.25) is 0 Å². The topological polar surface area (TPSA) is 92.3 Å².